The number of hydrogen-bond donors (Lipinski definition) is 3. The van der Waals surface area contributed by atoms with Crippen molar-refractivity contribution in [1.82, 2.24) is 10.6 Å². The second kappa shape index (κ2) is 8.95. The maximum atomic E-state index is 12.0. The van der Waals surface area contributed by atoms with Crippen molar-refractivity contribution >= 4 is 17.8 Å². The number of hydrogen-bond acceptors (Lipinski definition) is 3. The molecule has 1 rings (SSSR count). The predicted octanol–water partition coefficient (Wildman–Crippen LogP) is 2.92. The topological polar surface area (TPSA) is 61.4 Å². The van der Waals surface area contributed by atoms with Gasteiger partial charge in [0.25, 0.3) is 0 Å². The average Bonchev–Trinajstić information content (AvgIpc) is 2.45. The molecule has 5 heteroatoms. The average molecular weight is 310 g/mol. The van der Waals surface area contributed by atoms with E-state index in [0.717, 1.165) is 5.56 Å². The molecule has 0 bridgehead atoms. The van der Waals surface area contributed by atoms with Gasteiger partial charge in [-0.25, -0.2) is 4.79 Å². The highest BCUT2D eigenvalue weighted by Crippen LogP contribution is 2.21. The summed E-state index contributed by atoms with van der Waals surface area (Å²) in [5, 5.41) is 14.8. The smallest absolute Gasteiger partial charge is 0.315 e. The van der Waals surface area contributed by atoms with E-state index in [1.165, 1.54) is 10.5 Å². The Bertz CT molecular complexity index is 464. The number of benzene rings is 1. The lowest BCUT2D eigenvalue weighted by molar-refractivity contribution is 0.218. The van der Waals surface area contributed by atoms with Gasteiger partial charge < -0.3 is 15.7 Å². The first kappa shape index (κ1) is 17.9. The van der Waals surface area contributed by atoms with E-state index in [2.05, 4.69) is 35.8 Å². The highest BCUT2D eigenvalue weighted by molar-refractivity contribution is 7.98. The van der Waals surface area contributed by atoms with Crippen molar-refractivity contribution in [2.75, 3.05) is 12.9 Å². The van der Waals surface area contributed by atoms with Gasteiger partial charge in [-0.2, -0.15) is 0 Å². The van der Waals surface area contributed by atoms with Crippen molar-refractivity contribution in [2.24, 2.45) is 5.92 Å². The monoisotopic (exact) mass is 310 g/mol. The van der Waals surface area contributed by atoms with Crippen LogP contribution in [0.2, 0.25) is 0 Å². The normalized spacial score (nSPS) is 12.3. The van der Waals surface area contributed by atoms with Gasteiger partial charge in [-0.1, -0.05) is 26.0 Å². The molecule has 0 aliphatic rings. The molecule has 3 N–H and O–H groups in total. The highest BCUT2D eigenvalue weighted by Gasteiger charge is 2.15. The molecule has 0 spiro atoms. The molecule has 0 aliphatic carbocycles. The first-order chi connectivity index (χ1) is 9.97. The fraction of sp³-hybridized carbons (Fsp3) is 0.562. The molecule has 0 aromatic heterocycles. The minimum absolute atomic E-state index is 0.00645. The summed E-state index contributed by atoms with van der Waals surface area (Å²) in [4.78, 5) is 13.1. The van der Waals surface area contributed by atoms with Crippen LogP contribution in [0.1, 0.15) is 31.4 Å². The SMILES string of the molecule is CSc1cc(C)ccc1CNC(=O)NC(CCO)C(C)C. The summed E-state index contributed by atoms with van der Waals surface area (Å²) in [7, 11) is 0. The Labute approximate surface area is 131 Å². The fourth-order valence-corrected chi connectivity index (χ4v) is 2.81. The van der Waals surface area contributed by atoms with E-state index >= 15 is 0 Å². The second-order valence-corrected chi connectivity index (χ2v) is 6.35. The van der Waals surface area contributed by atoms with Gasteiger partial charge in [-0.3, -0.25) is 0 Å². The summed E-state index contributed by atoms with van der Waals surface area (Å²) in [5.41, 5.74) is 2.34. The standard InChI is InChI=1S/C16H26N2O2S/c1-11(2)14(7-8-19)18-16(20)17-10-13-6-5-12(3)9-15(13)21-4/h5-6,9,11,14,19H,7-8,10H2,1-4H3,(H2,17,18,20). The minimum atomic E-state index is -0.185. The fourth-order valence-electron chi connectivity index (χ4n) is 2.10. The van der Waals surface area contributed by atoms with Crippen molar-refractivity contribution in [3.05, 3.63) is 29.3 Å². The van der Waals surface area contributed by atoms with E-state index in [-0.39, 0.29) is 18.7 Å². The number of aliphatic hydroxyl groups is 1. The van der Waals surface area contributed by atoms with Crippen LogP contribution in [0.5, 0.6) is 0 Å². The van der Waals surface area contributed by atoms with Crippen LogP contribution >= 0.6 is 11.8 Å². The lowest BCUT2D eigenvalue weighted by Gasteiger charge is -2.22. The maximum absolute atomic E-state index is 12.0. The summed E-state index contributed by atoms with van der Waals surface area (Å²) in [6.45, 7) is 6.72. The first-order valence-electron chi connectivity index (χ1n) is 7.26. The van der Waals surface area contributed by atoms with E-state index < -0.39 is 0 Å². The molecule has 4 nitrogen and oxygen atoms in total. The van der Waals surface area contributed by atoms with Crippen LogP contribution < -0.4 is 10.6 Å². The number of carbonyl (C=O) groups is 1. The third-order valence-electron chi connectivity index (χ3n) is 3.44. The van der Waals surface area contributed by atoms with Crippen LogP contribution in [0.3, 0.4) is 0 Å². The van der Waals surface area contributed by atoms with E-state index in [0.29, 0.717) is 18.9 Å². The van der Waals surface area contributed by atoms with Gasteiger partial charge in [0.05, 0.1) is 0 Å². The molecule has 21 heavy (non-hydrogen) atoms. The number of carbonyl (C=O) groups excluding carboxylic acids is 1. The zero-order valence-corrected chi connectivity index (χ0v) is 14.1. The lowest BCUT2D eigenvalue weighted by Crippen LogP contribution is -2.44. The van der Waals surface area contributed by atoms with Crippen LogP contribution in [-0.4, -0.2) is 30.0 Å². The van der Waals surface area contributed by atoms with Gasteiger partial charge in [0.15, 0.2) is 0 Å². The van der Waals surface area contributed by atoms with E-state index in [1.807, 2.05) is 20.1 Å². The van der Waals surface area contributed by atoms with Crippen LogP contribution in [-0.2, 0) is 6.54 Å². The molecule has 1 unspecified atom stereocenters. The molecule has 1 aromatic rings. The molecule has 118 valence electrons. The number of aryl methyl sites for hydroxylation is 1. The number of nitrogens with one attached hydrogen (secondary N) is 2. The van der Waals surface area contributed by atoms with Crippen LogP contribution in [0.4, 0.5) is 4.79 Å². The lowest BCUT2D eigenvalue weighted by atomic mass is 10.0. The number of rotatable bonds is 7. The Morgan fingerprint density at radius 2 is 2.10 bits per heavy atom. The molecule has 0 radical (unpaired) electrons. The van der Waals surface area contributed by atoms with E-state index in [4.69, 9.17) is 5.11 Å². The van der Waals surface area contributed by atoms with Crippen molar-refractivity contribution in [1.29, 1.82) is 0 Å². The predicted molar refractivity (Wildman–Crippen MR) is 88.7 cm³/mol. The number of urea groups is 1. The third-order valence-corrected chi connectivity index (χ3v) is 4.26. The Morgan fingerprint density at radius 3 is 2.67 bits per heavy atom. The zero-order chi connectivity index (χ0) is 15.8. The van der Waals surface area contributed by atoms with Gasteiger partial charge >= 0.3 is 6.03 Å². The number of amides is 2. The maximum Gasteiger partial charge on any atom is 0.315 e. The van der Waals surface area contributed by atoms with Crippen LogP contribution in [0.25, 0.3) is 0 Å². The summed E-state index contributed by atoms with van der Waals surface area (Å²) in [6, 6.07) is 6.04. The van der Waals surface area contributed by atoms with Crippen molar-refractivity contribution in [3.8, 4) is 0 Å². The van der Waals surface area contributed by atoms with Crippen molar-refractivity contribution in [3.63, 3.8) is 0 Å². The van der Waals surface area contributed by atoms with Crippen LogP contribution in [0.15, 0.2) is 23.1 Å². The van der Waals surface area contributed by atoms with Gasteiger partial charge in [-0.05, 0) is 42.7 Å². The molecule has 2 amide bonds. The molecular formula is C16H26N2O2S. The zero-order valence-electron chi connectivity index (χ0n) is 13.3. The first-order valence-corrected chi connectivity index (χ1v) is 8.49. The van der Waals surface area contributed by atoms with Gasteiger partial charge in [-0.15, -0.1) is 11.8 Å². The summed E-state index contributed by atoms with van der Waals surface area (Å²) in [6.07, 6.45) is 2.61. The van der Waals surface area contributed by atoms with Crippen molar-refractivity contribution in [2.45, 2.75) is 44.7 Å². The van der Waals surface area contributed by atoms with E-state index in [1.54, 1.807) is 11.8 Å². The molecule has 0 fully saturated rings. The largest absolute Gasteiger partial charge is 0.396 e. The second-order valence-electron chi connectivity index (χ2n) is 5.51. The Morgan fingerprint density at radius 1 is 1.38 bits per heavy atom. The van der Waals surface area contributed by atoms with Gasteiger partial charge in [0.2, 0.25) is 0 Å². The van der Waals surface area contributed by atoms with Gasteiger partial charge in [0.1, 0.15) is 0 Å². The molecule has 0 heterocycles. The molecule has 1 aromatic carbocycles. The van der Waals surface area contributed by atoms with Crippen molar-refractivity contribution < 1.29 is 9.90 Å². The Hall–Kier alpha value is -1.20. The number of aliphatic hydroxyl groups excluding tert-OH is 1. The molecule has 1 atom stereocenters. The molecule has 0 aliphatic heterocycles. The Balaban J connectivity index is 2.56. The molecule has 0 saturated heterocycles. The quantitative estimate of drug-likeness (QED) is 0.679. The van der Waals surface area contributed by atoms with Crippen LogP contribution in [0, 0.1) is 12.8 Å². The summed E-state index contributed by atoms with van der Waals surface area (Å²) in [5.74, 6) is 0.295. The summed E-state index contributed by atoms with van der Waals surface area (Å²) < 4.78 is 0. The third kappa shape index (κ3) is 5.98. The van der Waals surface area contributed by atoms with Gasteiger partial charge in [0, 0.05) is 24.1 Å². The highest BCUT2D eigenvalue weighted by atomic mass is 32.2. The minimum Gasteiger partial charge on any atom is -0.396 e. The number of thioether (sulfide) groups is 1. The molecule has 0 saturated carbocycles. The Kier molecular flexibility index (Phi) is 7.61. The van der Waals surface area contributed by atoms with E-state index in [9.17, 15) is 4.79 Å². The summed E-state index contributed by atoms with van der Waals surface area (Å²) >= 11 is 1.68. The molecular weight excluding hydrogens is 284 g/mol.